The maximum Gasteiger partial charge on any atom is 0.573 e. The van der Waals surface area contributed by atoms with Crippen molar-refractivity contribution in [2.75, 3.05) is 6.54 Å². The van der Waals surface area contributed by atoms with Gasteiger partial charge in [-0.2, -0.15) is 0 Å². The number of halogens is 3. The molecule has 3 N–H and O–H groups in total. The van der Waals surface area contributed by atoms with Crippen LogP contribution in [0.5, 0.6) is 5.75 Å². The number of benzene rings is 1. The van der Waals surface area contributed by atoms with Gasteiger partial charge in [-0.1, -0.05) is 31.0 Å². The van der Waals surface area contributed by atoms with Crippen LogP contribution in [0, 0.1) is 5.41 Å². The van der Waals surface area contributed by atoms with Crippen molar-refractivity contribution < 1.29 is 23.0 Å². The van der Waals surface area contributed by atoms with Gasteiger partial charge in [0.2, 0.25) is 0 Å². The predicted molar refractivity (Wildman–Crippen MR) is 68.0 cm³/mol. The van der Waals surface area contributed by atoms with E-state index in [0.717, 1.165) is 12.8 Å². The van der Waals surface area contributed by atoms with Crippen LogP contribution in [0.25, 0.3) is 0 Å². The maximum atomic E-state index is 12.4. The molecule has 1 aromatic rings. The van der Waals surface area contributed by atoms with E-state index in [0.29, 0.717) is 12.8 Å². The topological polar surface area (TPSA) is 55.5 Å². The molecular formula is C14H18F3NO2. The predicted octanol–water partition coefficient (Wildman–Crippen LogP) is 3.14. The number of ether oxygens (including phenoxy) is 1. The highest BCUT2D eigenvalue weighted by Gasteiger charge is 2.42. The minimum atomic E-state index is -4.78. The van der Waals surface area contributed by atoms with Crippen molar-refractivity contribution in [3.63, 3.8) is 0 Å². The summed E-state index contributed by atoms with van der Waals surface area (Å²) in [4.78, 5) is 0. The molecule has 0 radical (unpaired) electrons. The SMILES string of the molecule is NCC1(C(O)c2ccccc2OC(F)(F)F)CCCC1. The van der Waals surface area contributed by atoms with Gasteiger partial charge in [0.05, 0.1) is 6.10 Å². The summed E-state index contributed by atoms with van der Waals surface area (Å²) >= 11 is 0. The van der Waals surface area contributed by atoms with E-state index < -0.39 is 17.9 Å². The first-order valence-electron chi connectivity index (χ1n) is 6.61. The minimum Gasteiger partial charge on any atom is -0.405 e. The van der Waals surface area contributed by atoms with Crippen molar-refractivity contribution in [1.29, 1.82) is 0 Å². The number of aliphatic hydroxyl groups excluding tert-OH is 1. The van der Waals surface area contributed by atoms with Crippen LogP contribution in [0.4, 0.5) is 13.2 Å². The van der Waals surface area contributed by atoms with Gasteiger partial charge in [0.25, 0.3) is 0 Å². The summed E-state index contributed by atoms with van der Waals surface area (Å²) < 4.78 is 41.2. The average Bonchev–Trinajstić information content (AvgIpc) is 2.86. The van der Waals surface area contributed by atoms with Crippen LogP contribution < -0.4 is 10.5 Å². The Labute approximate surface area is 115 Å². The third-order valence-electron chi connectivity index (χ3n) is 4.03. The quantitative estimate of drug-likeness (QED) is 0.895. The van der Waals surface area contributed by atoms with E-state index in [1.807, 2.05) is 0 Å². The van der Waals surface area contributed by atoms with Gasteiger partial charge >= 0.3 is 6.36 Å². The van der Waals surface area contributed by atoms with Crippen LogP contribution in [-0.2, 0) is 0 Å². The zero-order chi connectivity index (χ0) is 14.8. The van der Waals surface area contributed by atoms with Crippen molar-refractivity contribution in [2.24, 2.45) is 11.1 Å². The number of alkyl halides is 3. The van der Waals surface area contributed by atoms with Gasteiger partial charge in [-0.25, -0.2) is 0 Å². The van der Waals surface area contributed by atoms with E-state index in [1.54, 1.807) is 6.07 Å². The van der Waals surface area contributed by atoms with E-state index in [2.05, 4.69) is 4.74 Å². The van der Waals surface area contributed by atoms with Gasteiger partial charge in [-0.05, 0) is 18.9 Å². The molecule has 0 saturated heterocycles. The standard InChI is InChI=1S/C14H18F3NO2/c15-14(16,17)20-11-6-2-1-5-10(11)12(19)13(9-18)7-3-4-8-13/h1-2,5-6,12,19H,3-4,7-9,18H2. The molecule has 1 fully saturated rings. The Kier molecular flexibility index (Phi) is 4.25. The van der Waals surface area contributed by atoms with Crippen molar-refractivity contribution in [2.45, 2.75) is 38.1 Å². The van der Waals surface area contributed by atoms with Crippen LogP contribution in [0.2, 0.25) is 0 Å². The first kappa shape index (κ1) is 15.1. The number of hydrogen-bond acceptors (Lipinski definition) is 3. The fourth-order valence-electron chi connectivity index (χ4n) is 2.92. The van der Waals surface area contributed by atoms with Gasteiger partial charge in [0.1, 0.15) is 5.75 Å². The minimum absolute atomic E-state index is 0.150. The zero-order valence-electron chi connectivity index (χ0n) is 11.0. The average molecular weight is 289 g/mol. The summed E-state index contributed by atoms with van der Waals surface area (Å²) in [5.41, 5.74) is 5.36. The Morgan fingerprint density at radius 2 is 1.85 bits per heavy atom. The summed E-state index contributed by atoms with van der Waals surface area (Å²) in [6.45, 7) is 0.245. The highest BCUT2D eigenvalue weighted by molar-refractivity contribution is 5.36. The third-order valence-corrected chi connectivity index (χ3v) is 4.03. The molecule has 0 amide bonds. The molecule has 1 aliphatic carbocycles. The van der Waals surface area contributed by atoms with Gasteiger partial charge in [-0.3, -0.25) is 0 Å². The lowest BCUT2D eigenvalue weighted by Gasteiger charge is -2.34. The van der Waals surface area contributed by atoms with E-state index in [4.69, 9.17) is 5.73 Å². The lowest BCUT2D eigenvalue weighted by atomic mass is 9.77. The number of aliphatic hydroxyl groups is 1. The van der Waals surface area contributed by atoms with Gasteiger partial charge in [0, 0.05) is 17.5 Å². The first-order chi connectivity index (χ1) is 9.38. The lowest BCUT2D eigenvalue weighted by Crippen LogP contribution is -2.34. The van der Waals surface area contributed by atoms with Crippen molar-refractivity contribution in [3.8, 4) is 5.75 Å². The van der Waals surface area contributed by atoms with Crippen molar-refractivity contribution >= 4 is 0 Å². The Morgan fingerprint density at radius 1 is 1.25 bits per heavy atom. The smallest absolute Gasteiger partial charge is 0.405 e. The molecule has 1 aliphatic rings. The third kappa shape index (κ3) is 3.07. The second-order valence-electron chi connectivity index (χ2n) is 5.26. The zero-order valence-corrected chi connectivity index (χ0v) is 11.0. The normalized spacial score (nSPS) is 19.9. The van der Waals surface area contributed by atoms with E-state index >= 15 is 0 Å². The molecule has 0 bridgehead atoms. The summed E-state index contributed by atoms with van der Waals surface area (Å²) in [6.07, 6.45) is -2.54. The summed E-state index contributed by atoms with van der Waals surface area (Å²) in [7, 11) is 0. The largest absolute Gasteiger partial charge is 0.573 e. The Hall–Kier alpha value is -1.27. The molecule has 2 rings (SSSR count). The van der Waals surface area contributed by atoms with E-state index in [1.165, 1.54) is 18.2 Å². The maximum absolute atomic E-state index is 12.4. The second kappa shape index (κ2) is 5.61. The fourth-order valence-corrected chi connectivity index (χ4v) is 2.92. The highest BCUT2D eigenvalue weighted by atomic mass is 19.4. The Bertz CT molecular complexity index is 456. The first-order valence-corrected chi connectivity index (χ1v) is 6.61. The highest BCUT2D eigenvalue weighted by Crippen LogP contribution is 2.48. The van der Waals surface area contributed by atoms with Crippen LogP contribution in [0.15, 0.2) is 24.3 Å². The number of rotatable bonds is 4. The summed E-state index contributed by atoms with van der Waals surface area (Å²) in [5.74, 6) is -0.354. The molecule has 0 aliphatic heterocycles. The van der Waals surface area contributed by atoms with Crippen LogP contribution in [-0.4, -0.2) is 18.0 Å². The Morgan fingerprint density at radius 3 is 2.40 bits per heavy atom. The van der Waals surface area contributed by atoms with Crippen LogP contribution in [0.1, 0.15) is 37.4 Å². The molecule has 1 atom stereocenters. The molecule has 1 aromatic carbocycles. The molecule has 1 unspecified atom stereocenters. The molecule has 112 valence electrons. The molecule has 1 saturated carbocycles. The molecule has 0 spiro atoms. The van der Waals surface area contributed by atoms with Crippen molar-refractivity contribution in [3.05, 3.63) is 29.8 Å². The van der Waals surface area contributed by atoms with Crippen LogP contribution >= 0.6 is 0 Å². The van der Waals surface area contributed by atoms with E-state index in [-0.39, 0.29) is 17.9 Å². The molecular weight excluding hydrogens is 271 g/mol. The number of nitrogens with two attached hydrogens (primary N) is 1. The number of hydrogen-bond donors (Lipinski definition) is 2. The molecule has 20 heavy (non-hydrogen) atoms. The second-order valence-corrected chi connectivity index (χ2v) is 5.26. The van der Waals surface area contributed by atoms with Crippen LogP contribution in [0.3, 0.4) is 0 Å². The molecule has 6 heteroatoms. The van der Waals surface area contributed by atoms with Gasteiger partial charge in [0.15, 0.2) is 0 Å². The Balaban J connectivity index is 2.32. The van der Waals surface area contributed by atoms with Gasteiger partial charge in [-0.15, -0.1) is 13.2 Å². The lowest BCUT2D eigenvalue weighted by molar-refractivity contribution is -0.275. The fraction of sp³-hybridized carbons (Fsp3) is 0.571. The van der Waals surface area contributed by atoms with Crippen molar-refractivity contribution in [1.82, 2.24) is 0 Å². The molecule has 0 heterocycles. The van der Waals surface area contributed by atoms with Gasteiger partial charge < -0.3 is 15.6 Å². The van der Waals surface area contributed by atoms with E-state index in [9.17, 15) is 18.3 Å². The molecule has 0 aromatic heterocycles. The molecule has 3 nitrogen and oxygen atoms in total. The summed E-state index contributed by atoms with van der Waals surface area (Å²) in [6, 6.07) is 5.70. The number of para-hydroxylation sites is 1. The summed E-state index contributed by atoms with van der Waals surface area (Å²) in [5, 5.41) is 10.5. The monoisotopic (exact) mass is 289 g/mol.